The number of nitrogens with zero attached hydrogens (tertiary/aromatic N) is 4. The average molecular weight is 645 g/mol. The SMILES string of the molecule is C.[C-]#[N+]c1cc(C#N)cc(-c2c3cc4c5ccccc5c5cccc(c3c(-c3cc(C#N)cc([N+]#[C-])c3)c3c6cccc7cccc(c23)c76)c54)c1. The van der Waals surface area contributed by atoms with Crippen LogP contribution in [0.25, 0.3) is 107 Å². The van der Waals surface area contributed by atoms with Gasteiger partial charge in [0.1, 0.15) is 0 Å². The molecular weight excluding hydrogens is 621 g/mol. The molecule has 51 heavy (non-hydrogen) atoms. The largest absolute Gasteiger partial charge is 0.238 e. The molecule has 0 saturated carbocycles. The highest BCUT2D eigenvalue weighted by atomic mass is 14.6. The molecule has 4 nitrogen and oxygen atoms in total. The van der Waals surface area contributed by atoms with Gasteiger partial charge in [-0.25, -0.2) is 9.69 Å². The van der Waals surface area contributed by atoms with Crippen LogP contribution < -0.4 is 0 Å². The van der Waals surface area contributed by atoms with E-state index in [2.05, 4.69) is 107 Å². The van der Waals surface area contributed by atoms with Gasteiger partial charge < -0.3 is 0 Å². The van der Waals surface area contributed by atoms with Gasteiger partial charge in [-0.15, -0.1) is 0 Å². The van der Waals surface area contributed by atoms with Crippen LogP contribution in [0, 0.1) is 35.8 Å². The van der Waals surface area contributed by atoms with Crippen molar-refractivity contribution in [3.05, 3.63) is 155 Å². The maximum absolute atomic E-state index is 10.1. The van der Waals surface area contributed by atoms with Crippen molar-refractivity contribution in [2.24, 2.45) is 0 Å². The molecule has 0 fully saturated rings. The molecule has 0 bridgehead atoms. The highest BCUT2D eigenvalue weighted by molar-refractivity contribution is 6.44. The molecule has 232 valence electrons. The van der Waals surface area contributed by atoms with Crippen LogP contribution in [0.15, 0.2) is 121 Å². The van der Waals surface area contributed by atoms with Crippen molar-refractivity contribution in [2.75, 3.05) is 0 Å². The van der Waals surface area contributed by atoms with Crippen LogP contribution in [0.3, 0.4) is 0 Å². The van der Waals surface area contributed by atoms with Gasteiger partial charge in [-0.1, -0.05) is 86.3 Å². The maximum atomic E-state index is 10.1. The van der Waals surface area contributed by atoms with E-state index in [1.54, 1.807) is 12.1 Å². The molecule has 0 saturated heterocycles. The van der Waals surface area contributed by atoms with Crippen molar-refractivity contribution in [2.45, 2.75) is 7.43 Å². The zero-order valence-corrected chi connectivity index (χ0v) is 26.3. The van der Waals surface area contributed by atoms with E-state index < -0.39 is 0 Å². The lowest BCUT2D eigenvalue weighted by Crippen LogP contribution is -1.92. The minimum Gasteiger partial charge on any atom is -0.238 e. The van der Waals surface area contributed by atoms with Gasteiger partial charge in [0.15, 0.2) is 11.4 Å². The van der Waals surface area contributed by atoms with Crippen molar-refractivity contribution in [1.29, 1.82) is 10.5 Å². The first-order valence-corrected chi connectivity index (χ1v) is 16.2. The van der Waals surface area contributed by atoms with Crippen molar-refractivity contribution < 1.29 is 0 Å². The number of hydrogen-bond donors (Lipinski definition) is 0. The molecule has 0 aliphatic rings. The Morgan fingerprint density at radius 3 is 1.49 bits per heavy atom. The molecule has 4 heteroatoms. The van der Waals surface area contributed by atoms with Crippen molar-refractivity contribution >= 4 is 86.8 Å². The van der Waals surface area contributed by atoms with E-state index in [-0.39, 0.29) is 7.43 Å². The molecule has 10 rings (SSSR count). The number of rotatable bonds is 2. The van der Waals surface area contributed by atoms with Gasteiger partial charge in [0, 0.05) is 11.1 Å². The van der Waals surface area contributed by atoms with Crippen LogP contribution in [0.2, 0.25) is 0 Å². The summed E-state index contributed by atoms with van der Waals surface area (Å²) < 4.78 is 0. The van der Waals surface area contributed by atoms with E-state index in [0.29, 0.717) is 22.5 Å². The standard InChI is InChI=1S/C46H20N4.CH4/c1-49-30-18-25(23-47)16-28(20-30)41-39-22-38-33-11-4-3-10-32(33)34-12-7-15-37(43(34)38)44(39)42(29-17-26(24-48)19-31(21-29)50-2)46-36-14-6-9-27-8-5-13-35(40(27)36)45(41)46;/h3-22H;1H4. The van der Waals surface area contributed by atoms with Crippen molar-refractivity contribution in [1.82, 2.24) is 0 Å². The second-order valence-electron chi connectivity index (χ2n) is 12.8. The highest BCUT2D eigenvalue weighted by Crippen LogP contribution is 2.55. The summed E-state index contributed by atoms with van der Waals surface area (Å²) in [7, 11) is 0. The predicted octanol–water partition coefficient (Wildman–Crippen LogP) is 13.4. The molecule has 0 spiro atoms. The molecular formula is C47H24N4. The molecule has 0 aliphatic heterocycles. The van der Waals surface area contributed by atoms with E-state index in [9.17, 15) is 10.5 Å². The lowest BCUT2D eigenvalue weighted by Gasteiger charge is -2.20. The number of hydrogen-bond acceptors (Lipinski definition) is 2. The van der Waals surface area contributed by atoms with Gasteiger partial charge in [-0.3, -0.25) is 0 Å². The molecule has 0 aromatic heterocycles. The Hall–Kier alpha value is -7.50. The van der Waals surface area contributed by atoms with E-state index in [1.807, 2.05) is 24.3 Å². The summed E-state index contributed by atoms with van der Waals surface area (Å²) in [5, 5.41) is 35.6. The second kappa shape index (κ2) is 10.8. The molecule has 0 amide bonds. The first-order chi connectivity index (χ1) is 24.6. The van der Waals surface area contributed by atoms with E-state index >= 15 is 0 Å². The number of fused-ring (bicyclic) bond motifs is 8. The quantitative estimate of drug-likeness (QED) is 0.139. The lowest BCUT2D eigenvalue weighted by atomic mass is 9.83. The summed E-state index contributed by atoms with van der Waals surface area (Å²) in [6, 6.07) is 45.5. The van der Waals surface area contributed by atoms with Gasteiger partial charge in [0.2, 0.25) is 0 Å². The molecule has 10 aromatic rings. The third-order valence-corrected chi connectivity index (χ3v) is 10.3. The zero-order valence-electron chi connectivity index (χ0n) is 26.3. The Labute approximate surface area is 293 Å². The van der Waals surface area contributed by atoms with E-state index in [0.717, 1.165) is 86.9 Å². The molecule has 0 unspecified atom stereocenters. The number of benzene rings is 8. The fraction of sp³-hybridized carbons (Fsp3) is 0.0213. The fourth-order valence-corrected chi connectivity index (χ4v) is 8.50. The Morgan fingerprint density at radius 1 is 0.412 bits per heavy atom. The fourth-order valence-electron chi connectivity index (χ4n) is 8.50. The third-order valence-electron chi connectivity index (χ3n) is 10.3. The molecule has 0 heterocycles. The summed E-state index contributed by atoms with van der Waals surface area (Å²) in [5.74, 6) is 0. The average Bonchev–Trinajstić information content (AvgIpc) is 3.68. The minimum absolute atomic E-state index is 0. The minimum atomic E-state index is 0. The normalized spacial score (nSPS) is 11.3. The molecule has 10 aromatic carbocycles. The summed E-state index contributed by atoms with van der Waals surface area (Å²) in [6.07, 6.45) is 0. The zero-order chi connectivity index (χ0) is 33.7. The predicted molar refractivity (Wildman–Crippen MR) is 211 cm³/mol. The highest BCUT2D eigenvalue weighted by Gasteiger charge is 2.27. The molecule has 0 N–H and O–H groups in total. The van der Waals surface area contributed by atoms with Crippen LogP contribution in [-0.2, 0) is 0 Å². The van der Waals surface area contributed by atoms with Gasteiger partial charge in [0.05, 0.1) is 25.3 Å². The Morgan fingerprint density at radius 2 is 0.902 bits per heavy atom. The molecule has 0 atom stereocenters. The van der Waals surface area contributed by atoms with Crippen LogP contribution in [-0.4, -0.2) is 0 Å². The maximum Gasteiger partial charge on any atom is 0.189 e. The van der Waals surface area contributed by atoms with Crippen molar-refractivity contribution in [3.63, 3.8) is 0 Å². The summed E-state index contributed by atoms with van der Waals surface area (Å²) >= 11 is 0. The van der Waals surface area contributed by atoms with E-state index in [4.69, 9.17) is 13.1 Å². The van der Waals surface area contributed by atoms with Gasteiger partial charge in [-0.05, 0) is 140 Å². The first kappa shape index (κ1) is 29.6. The van der Waals surface area contributed by atoms with Gasteiger partial charge in [0.25, 0.3) is 0 Å². The summed E-state index contributed by atoms with van der Waals surface area (Å²) in [4.78, 5) is 7.57. The van der Waals surface area contributed by atoms with Crippen LogP contribution in [0.5, 0.6) is 0 Å². The Balaban J connectivity index is 0.00000348. The molecule has 0 aliphatic carbocycles. The smallest absolute Gasteiger partial charge is 0.189 e. The molecule has 0 radical (unpaired) electrons. The lowest BCUT2D eigenvalue weighted by molar-refractivity contribution is 1.49. The monoisotopic (exact) mass is 644 g/mol. The third kappa shape index (κ3) is 3.91. The van der Waals surface area contributed by atoms with Crippen LogP contribution in [0.1, 0.15) is 18.6 Å². The summed E-state index contributed by atoms with van der Waals surface area (Å²) in [6.45, 7) is 15.9. The van der Waals surface area contributed by atoms with E-state index in [1.165, 1.54) is 10.8 Å². The van der Waals surface area contributed by atoms with Crippen LogP contribution in [0.4, 0.5) is 11.4 Å². The first-order valence-electron chi connectivity index (χ1n) is 16.2. The van der Waals surface area contributed by atoms with Gasteiger partial charge >= 0.3 is 0 Å². The number of nitriles is 2. The van der Waals surface area contributed by atoms with Crippen LogP contribution >= 0.6 is 0 Å². The Kier molecular flexibility index (Phi) is 6.25. The second-order valence-corrected chi connectivity index (χ2v) is 12.8. The van der Waals surface area contributed by atoms with Crippen molar-refractivity contribution in [3.8, 4) is 34.4 Å². The Bertz CT molecular complexity index is 3240. The topological polar surface area (TPSA) is 56.3 Å². The van der Waals surface area contributed by atoms with Gasteiger partial charge in [-0.2, -0.15) is 10.5 Å². The summed E-state index contributed by atoms with van der Waals surface area (Å²) in [5.41, 5.74) is 5.18.